The number of benzene rings is 1. The number of nitrogens with zero attached hydrogens (tertiary/aromatic N) is 4. The summed E-state index contributed by atoms with van der Waals surface area (Å²) in [6.45, 7) is 8.85. The molecule has 2 aliphatic heterocycles. The summed E-state index contributed by atoms with van der Waals surface area (Å²) < 4.78 is 52.5. The molecule has 2 aliphatic rings. The van der Waals surface area contributed by atoms with E-state index < -0.39 is 20.0 Å². The van der Waals surface area contributed by atoms with Crippen molar-refractivity contribution in [2.45, 2.75) is 25.7 Å². The van der Waals surface area contributed by atoms with Crippen LogP contribution in [-0.4, -0.2) is 106 Å². The largest absolute Gasteiger partial charge is 0.339 e. The fourth-order valence-electron chi connectivity index (χ4n) is 4.39. The number of carbonyl (C=O) groups is 1. The summed E-state index contributed by atoms with van der Waals surface area (Å²) in [4.78, 5) is 16.7. The monoisotopic (exact) mass is 472 g/mol. The first-order chi connectivity index (χ1) is 14.4. The van der Waals surface area contributed by atoms with Crippen LogP contribution in [0.1, 0.15) is 16.7 Å². The SMILES string of the molecule is Cc1cc(C)c(S(=O)(=O)N2CCN(CC(=O)N3CCN(S(C)(=O)=O)CC3)CC2)c(C)c1. The predicted octanol–water partition coefficient (Wildman–Crippen LogP) is 0.0220. The Morgan fingerprint density at radius 3 is 1.77 bits per heavy atom. The molecule has 0 radical (unpaired) electrons. The lowest BCUT2D eigenvalue weighted by atomic mass is 10.1. The highest BCUT2D eigenvalue weighted by Crippen LogP contribution is 2.26. The molecule has 2 fully saturated rings. The Kier molecular flexibility index (Phi) is 7.11. The summed E-state index contributed by atoms with van der Waals surface area (Å²) in [6.07, 6.45) is 1.18. The summed E-state index contributed by atoms with van der Waals surface area (Å²) in [5, 5.41) is 0. The minimum absolute atomic E-state index is 0.0466. The van der Waals surface area contributed by atoms with Gasteiger partial charge in [0.15, 0.2) is 0 Å². The van der Waals surface area contributed by atoms with Crippen LogP contribution in [0.3, 0.4) is 0 Å². The van der Waals surface area contributed by atoms with E-state index in [9.17, 15) is 21.6 Å². The van der Waals surface area contributed by atoms with Gasteiger partial charge in [-0.1, -0.05) is 17.7 Å². The van der Waals surface area contributed by atoms with Gasteiger partial charge in [-0.25, -0.2) is 16.8 Å². The maximum atomic E-state index is 13.2. The molecule has 0 aliphatic carbocycles. The molecule has 11 heteroatoms. The first kappa shape index (κ1) is 24.1. The van der Waals surface area contributed by atoms with Crippen molar-refractivity contribution in [1.29, 1.82) is 0 Å². The van der Waals surface area contributed by atoms with E-state index in [1.54, 1.807) is 4.90 Å². The minimum Gasteiger partial charge on any atom is -0.339 e. The second kappa shape index (κ2) is 9.14. The second-order valence-electron chi connectivity index (χ2n) is 8.45. The van der Waals surface area contributed by atoms with Gasteiger partial charge in [-0.05, 0) is 31.9 Å². The molecule has 1 aromatic rings. The number of hydrogen-bond acceptors (Lipinski definition) is 6. The average molecular weight is 473 g/mol. The predicted molar refractivity (Wildman–Crippen MR) is 119 cm³/mol. The van der Waals surface area contributed by atoms with Crippen LogP contribution in [0.2, 0.25) is 0 Å². The molecule has 174 valence electrons. The maximum absolute atomic E-state index is 13.2. The number of carbonyl (C=O) groups excluding carboxylic acids is 1. The van der Waals surface area contributed by atoms with Gasteiger partial charge in [0.05, 0.1) is 17.7 Å². The van der Waals surface area contributed by atoms with Crippen molar-refractivity contribution < 1.29 is 21.6 Å². The first-order valence-corrected chi connectivity index (χ1v) is 13.7. The van der Waals surface area contributed by atoms with Crippen LogP contribution in [-0.2, 0) is 24.8 Å². The Bertz CT molecular complexity index is 1020. The molecule has 2 heterocycles. The molecule has 3 rings (SSSR count). The van der Waals surface area contributed by atoms with Gasteiger partial charge in [0.1, 0.15) is 0 Å². The molecule has 0 bridgehead atoms. The van der Waals surface area contributed by atoms with Crippen molar-refractivity contribution in [3.63, 3.8) is 0 Å². The van der Waals surface area contributed by atoms with Gasteiger partial charge in [-0.2, -0.15) is 8.61 Å². The lowest BCUT2D eigenvalue weighted by molar-refractivity contribution is -0.133. The van der Waals surface area contributed by atoms with Crippen molar-refractivity contribution in [1.82, 2.24) is 18.4 Å². The summed E-state index contributed by atoms with van der Waals surface area (Å²) >= 11 is 0. The van der Waals surface area contributed by atoms with Gasteiger partial charge in [-0.15, -0.1) is 0 Å². The van der Waals surface area contributed by atoms with Crippen LogP contribution in [0, 0.1) is 20.8 Å². The van der Waals surface area contributed by atoms with Gasteiger partial charge in [0, 0.05) is 52.4 Å². The average Bonchev–Trinajstić information content (AvgIpc) is 2.66. The molecule has 0 saturated carbocycles. The molecular weight excluding hydrogens is 440 g/mol. The Balaban J connectivity index is 1.56. The van der Waals surface area contributed by atoms with Gasteiger partial charge < -0.3 is 4.90 Å². The highest BCUT2D eigenvalue weighted by molar-refractivity contribution is 7.89. The zero-order valence-corrected chi connectivity index (χ0v) is 20.3. The highest BCUT2D eigenvalue weighted by atomic mass is 32.2. The number of piperazine rings is 2. The summed E-state index contributed by atoms with van der Waals surface area (Å²) in [5.41, 5.74) is 2.54. The van der Waals surface area contributed by atoms with Gasteiger partial charge in [-0.3, -0.25) is 9.69 Å². The zero-order chi connectivity index (χ0) is 23.0. The van der Waals surface area contributed by atoms with Crippen molar-refractivity contribution in [3.8, 4) is 0 Å². The minimum atomic E-state index is -3.58. The molecular formula is C20H32N4O5S2. The van der Waals surface area contributed by atoms with E-state index in [0.29, 0.717) is 57.3 Å². The third-order valence-corrected chi connectivity index (χ3v) is 9.46. The standard InChI is InChI=1S/C20H32N4O5S2/c1-16-13-17(2)20(18(3)14-16)31(28,29)24-9-5-21(6-10-24)15-19(25)22-7-11-23(12-8-22)30(4,26)27/h13-14H,5-12,15H2,1-4H3. The number of amides is 1. The number of sulfonamides is 2. The quantitative estimate of drug-likeness (QED) is 0.599. The number of hydrogen-bond donors (Lipinski definition) is 0. The topological polar surface area (TPSA) is 98.3 Å². The van der Waals surface area contributed by atoms with Crippen molar-refractivity contribution >= 4 is 26.0 Å². The molecule has 0 unspecified atom stereocenters. The van der Waals surface area contributed by atoms with Crippen molar-refractivity contribution in [3.05, 3.63) is 28.8 Å². The van der Waals surface area contributed by atoms with Gasteiger partial charge in [0.2, 0.25) is 26.0 Å². The van der Waals surface area contributed by atoms with Crippen LogP contribution < -0.4 is 0 Å². The molecule has 1 aromatic carbocycles. The second-order valence-corrected chi connectivity index (χ2v) is 12.3. The molecule has 0 atom stereocenters. The van der Waals surface area contributed by atoms with Gasteiger partial charge in [0.25, 0.3) is 0 Å². The Hall–Kier alpha value is -1.53. The Labute approximate surface area is 185 Å². The molecule has 31 heavy (non-hydrogen) atoms. The first-order valence-electron chi connectivity index (χ1n) is 10.4. The van der Waals surface area contributed by atoms with E-state index in [-0.39, 0.29) is 12.5 Å². The Morgan fingerprint density at radius 2 is 1.29 bits per heavy atom. The van der Waals surface area contributed by atoms with E-state index >= 15 is 0 Å². The van der Waals surface area contributed by atoms with Crippen LogP contribution in [0.4, 0.5) is 0 Å². The van der Waals surface area contributed by atoms with Crippen molar-refractivity contribution in [2.24, 2.45) is 0 Å². The fourth-order valence-corrected chi connectivity index (χ4v) is 7.05. The molecule has 0 aromatic heterocycles. The summed E-state index contributed by atoms with van der Waals surface area (Å²) in [5.74, 6) is -0.0466. The van der Waals surface area contributed by atoms with E-state index in [1.807, 2.05) is 37.8 Å². The lowest BCUT2D eigenvalue weighted by Gasteiger charge is -2.37. The lowest BCUT2D eigenvalue weighted by Crippen LogP contribution is -2.55. The van der Waals surface area contributed by atoms with Crippen molar-refractivity contribution in [2.75, 3.05) is 65.2 Å². The summed E-state index contributed by atoms with van der Waals surface area (Å²) in [7, 11) is -6.82. The smallest absolute Gasteiger partial charge is 0.243 e. The highest BCUT2D eigenvalue weighted by Gasteiger charge is 2.32. The van der Waals surface area contributed by atoms with Crippen LogP contribution in [0.25, 0.3) is 0 Å². The van der Waals surface area contributed by atoms with Crippen LogP contribution >= 0.6 is 0 Å². The third-order valence-electron chi connectivity index (χ3n) is 5.95. The van der Waals surface area contributed by atoms with Gasteiger partial charge >= 0.3 is 0 Å². The third kappa shape index (κ3) is 5.46. The molecule has 9 nitrogen and oxygen atoms in total. The molecule has 0 spiro atoms. The van der Waals surface area contributed by atoms with Crippen LogP contribution in [0.5, 0.6) is 0 Å². The molecule has 1 amide bonds. The van der Waals surface area contributed by atoms with E-state index in [2.05, 4.69) is 0 Å². The Morgan fingerprint density at radius 1 is 0.806 bits per heavy atom. The van der Waals surface area contributed by atoms with E-state index in [4.69, 9.17) is 0 Å². The zero-order valence-electron chi connectivity index (χ0n) is 18.7. The van der Waals surface area contributed by atoms with Crippen LogP contribution in [0.15, 0.2) is 17.0 Å². The fraction of sp³-hybridized carbons (Fsp3) is 0.650. The van der Waals surface area contributed by atoms with E-state index in [1.165, 1.54) is 14.9 Å². The van der Waals surface area contributed by atoms with E-state index in [0.717, 1.165) is 16.7 Å². The maximum Gasteiger partial charge on any atom is 0.243 e. The number of aryl methyl sites for hydroxylation is 3. The number of rotatable bonds is 5. The summed E-state index contributed by atoms with van der Waals surface area (Å²) in [6, 6.07) is 3.77. The normalized spacial score (nSPS) is 20.2. The molecule has 2 saturated heterocycles. The molecule has 0 N–H and O–H groups in total.